The van der Waals surface area contributed by atoms with E-state index in [-0.39, 0.29) is 40.0 Å². The molecule has 0 heterocycles. The van der Waals surface area contributed by atoms with Crippen molar-refractivity contribution in [3.8, 4) is 0 Å². The molecular weight excluding hydrogens is 192 g/mol. The van der Waals surface area contributed by atoms with Gasteiger partial charge in [-0.2, -0.15) is 0 Å². The molecule has 0 aromatic rings. The van der Waals surface area contributed by atoms with Gasteiger partial charge in [0, 0.05) is 6.61 Å². The summed E-state index contributed by atoms with van der Waals surface area (Å²) in [4.78, 5) is 0. The Balaban J connectivity index is -0.000000180. The molecule has 0 fully saturated rings. The first-order chi connectivity index (χ1) is 3.31. The van der Waals surface area contributed by atoms with Crippen molar-refractivity contribution in [2.45, 2.75) is 26.7 Å². The fourth-order valence-electron chi connectivity index (χ4n) is 0.584. The molecular formula is C6H14BrMgO+. The van der Waals surface area contributed by atoms with Gasteiger partial charge in [0.05, 0.1) is 0 Å². The summed E-state index contributed by atoms with van der Waals surface area (Å²) >= 11 is 0. The molecule has 52 valence electrons. The molecule has 0 aliphatic rings. The van der Waals surface area contributed by atoms with Crippen LogP contribution in [-0.4, -0.2) is 34.8 Å². The van der Waals surface area contributed by atoms with Crippen molar-refractivity contribution in [2.24, 2.45) is 5.92 Å². The van der Waals surface area contributed by atoms with Crippen LogP contribution in [0.15, 0.2) is 0 Å². The minimum atomic E-state index is 0. The largest absolute Gasteiger partial charge is 2.00 e. The predicted octanol–water partition coefficient (Wildman–Crippen LogP) is -1.96. The molecule has 3 heteroatoms. The maximum absolute atomic E-state index is 8.47. The number of aliphatic hydroxyl groups is 1. The van der Waals surface area contributed by atoms with Gasteiger partial charge in [-0.15, -0.1) is 0 Å². The third-order valence-corrected chi connectivity index (χ3v) is 1.09. The molecule has 0 saturated heterocycles. The van der Waals surface area contributed by atoms with Crippen LogP contribution in [0.2, 0.25) is 0 Å². The van der Waals surface area contributed by atoms with E-state index in [4.69, 9.17) is 5.11 Å². The molecule has 0 aromatic carbocycles. The minimum absolute atomic E-state index is 0. The standard InChI is InChI=1S/C6H14O.BrH.Mg/c1-3-4-6(2)5-7;;/h6-7H,3-5H2,1-2H3;1H;/q;;+2/p-1. The van der Waals surface area contributed by atoms with Crippen LogP contribution in [0.5, 0.6) is 0 Å². The Kier molecular flexibility index (Phi) is 22.1. The van der Waals surface area contributed by atoms with Gasteiger partial charge in [0.1, 0.15) is 0 Å². The molecule has 1 N–H and O–H groups in total. The zero-order valence-electron chi connectivity index (χ0n) is 6.23. The van der Waals surface area contributed by atoms with Gasteiger partial charge in [-0.3, -0.25) is 0 Å². The number of hydrogen-bond donors (Lipinski definition) is 1. The van der Waals surface area contributed by atoms with E-state index in [1.54, 1.807) is 0 Å². The van der Waals surface area contributed by atoms with Crippen LogP contribution in [0.4, 0.5) is 0 Å². The monoisotopic (exact) mass is 205 g/mol. The van der Waals surface area contributed by atoms with Crippen LogP contribution < -0.4 is 17.0 Å². The van der Waals surface area contributed by atoms with Gasteiger partial charge in [-0.1, -0.05) is 20.3 Å². The average Bonchev–Trinajstić information content (AvgIpc) is 1.68. The number of rotatable bonds is 3. The second-order valence-corrected chi connectivity index (χ2v) is 2.08. The third kappa shape index (κ3) is 12.4. The van der Waals surface area contributed by atoms with Gasteiger partial charge in [-0.25, -0.2) is 0 Å². The van der Waals surface area contributed by atoms with Crippen molar-refractivity contribution in [3.63, 3.8) is 0 Å². The van der Waals surface area contributed by atoms with E-state index in [0.717, 1.165) is 6.42 Å². The topological polar surface area (TPSA) is 20.2 Å². The molecule has 0 spiro atoms. The Morgan fingerprint density at radius 1 is 1.44 bits per heavy atom. The minimum Gasteiger partial charge on any atom is -1.00 e. The first-order valence-corrected chi connectivity index (χ1v) is 2.92. The SMILES string of the molecule is CCCC(C)CO.[Br-].[Mg+2]. The molecule has 1 nitrogen and oxygen atoms in total. The zero-order valence-corrected chi connectivity index (χ0v) is 9.23. The smallest absolute Gasteiger partial charge is 1.00 e. The van der Waals surface area contributed by atoms with Crippen molar-refractivity contribution < 1.29 is 22.1 Å². The van der Waals surface area contributed by atoms with Crippen molar-refractivity contribution in [3.05, 3.63) is 0 Å². The summed E-state index contributed by atoms with van der Waals surface area (Å²) in [5.74, 6) is 0.505. The average molecular weight is 206 g/mol. The maximum Gasteiger partial charge on any atom is 2.00 e. The summed E-state index contributed by atoms with van der Waals surface area (Å²) in [6.07, 6.45) is 2.33. The Hall–Kier alpha value is 1.21. The number of hydrogen-bond acceptors (Lipinski definition) is 1. The van der Waals surface area contributed by atoms with Crippen molar-refractivity contribution in [1.29, 1.82) is 0 Å². The van der Waals surface area contributed by atoms with Gasteiger partial charge >= 0.3 is 23.1 Å². The van der Waals surface area contributed by atoms with Gasteiger partial charge in [-0.05, 0) is 12.3 Å². The van der Waals surface area contributed by atoms with E-state index in [1.165, 1.54) is 6.42 Å². The summed E-state index contributed by atoms with van der Waals surface area (Å²) in [5.41, 5.74) is 0. The first kappa shape index (κ1) is 16.7. The molecule has 0 amide bonds. The molecule has 0 aromatic heterocycles. The quantitative estimate of drug-likeness (QED) is 0.532. The van der Waals surface area contributed by atoms with E-state index in [9.17, 15) is 0 Å². The normalized spacial score (nSPS) is 11.0. The summed E-state index contributed by atoms with van der Waals surface area (Å²) < 4.78 is 0. The number of halogens is 1. The molecule has 1 atom stereocenters. The molecule has 0 aliphatic heterocycles. The van der Waals surface area contributed by atoms with Crippen LogP contribution in [-0.2, 0) is 0 Å². The van der Waals surface area contributed by atoms with Crippen molar-refractivity contribution in [1.82, 2.24) is 0 Å². The van der Waals surface area contributed by atoms with Gasteiger partial charge in [0.2, 0.25) is 0 Å². The van der Waals surface area contributed by atoms with E-state index in [0.29, 0.717) is 12.5 Å². The summed E-state index contributed by atoms with van der Waals surface area (Å²) in [5, 5.41) is 8.47. The van der Waals surface area contributed by atoms with E-state index in [2.05, 4.69) is 13.8 Å². The Morgan fingerprint density at radius 3 is 2.00 bits per heavy atom. The second kappa shape index (κ2) is 11.9. The molecule has 0 bridgehead atoms. The van der Waals surface area contributed by atoms with Crippen LogP contribution in [0.1, 0.15) is 26.7 Å². The third-order valence-electron chi connectivity index (χ3n) is 1.09. The van der Waals surface area contributed by atoms with Crippen LogP contribution >= 0.6 is 0 Å². The van der Waals surface area contributed by atoms with Crippen LogP contribution in [0.3, 0.4) is 0 Å². The summed E-state index contributed by atoms with van der Waals surface area (Å²) in [7, 11) is 0. The zero-order chi connectivity index (χ0) is 5.70. The Bertz CT molecular complexity index is 44.0. The molecule has 1 unspecified atom stereocenters. The fourth-order valence-corrected chi connectivity index (χ4v) is 0.584. The predicted molar refractivity (Wildman–Crippen MR) is 36.9 cm³/mol. The summed E-state index contributed by atoms with van der Waals surface area (Å²) in [6.45, 7) is 4.53. The first-order valence-electron chi connectivity index (χ1n) is 2.92. The molecule has 0 radical (unpaired) electrons. The van der Waals surface area contributed by atoms with Crippen LogP contribution in [0.25, 0.3) is 0 Å². The Morgan fingerprint density at radius 2 is 1.89 bits per heavy atom. The van der Waals surface area contributed by atoms with Crippen molar-refractivity contribution >= 4 is 23.1 Å². The molecule has 0 saturated carbocycles. The second-order valence-electron chi connectivity index (χ2n) is 2.08. The van der Waals surface area contributed by atoms with Crippen LogP contribution in [0, 0.1) is 5.92 Å². The fraction of sp³-hybridized carbons (Fsp3) is 1.00. The van der Waals surface area contributed by atoms with Gasteiger partial charge < -0.3 is 22.1 Å². The summed E-state index contributed by atoms with van der Waals surface area (Å²) in [6, 6.07) is 0. The van der Waals surface area contributed by atoms with Gasteiger partial charge in [0.25, 0.3) is 0 Å². The van der Waals surface area contributed by atoms with E-state index >= 15 is 0 Å². The molecule has 0 aliphatic carbocycles. The van der Waals surface area contributed by atoms with E-state index in [1.807, 2.05) is 0 Å². The molecule has 0 rings (SSSR count). The van der Waals surface area contributed by atoms with Gasteiger partial charge in [0.15, 0.2) is 0 Å². The Labute approximate surface area is 84.1 Å². The maximum atomic E-state index is 8.47. The van der Waals surface area contributed by atoms with E-state index < -0.39 is 0 Å². The molecule has 9 heavy (non-hydrogen) atoms. The number of aliphatic hydroxyl groups excluding tert-OH is 1. The van der Waals surface area contributed by atoms with Crippen molar-refractivity contribution in [2.75, 3.05) is 6.61 Å².